The molecule has 0 aliphatic carbocycles. The van der Waals surface area contributed by atoms with Crippen LogP contribution in [0.5, 0.6) is 5.75 Å². The molecule has 14 nitrogen and oxygen atoms in total. The third-order valence-corrected chi connectivity index (χ3v) is 7.87. The molecule has 3 aromatic rings. The summed E-state index contributed by atoms with van der Waals surface area (Å²) in [6, 6.07) is 8.83. The fourth-order valence-electron chi connectivity index (χ4n) is 5.44. The summed E-state index contributed by atoms with van der Waals surface area (Å²) in [7, 11) is 1.50. The molecule has 1 aromatic carbocycles. The number of hydrogen-bond donors (Lipinski definition) is 2. The lowest BCUT2D eigenvalue weighted by molar-refractivity contribution is -0.158. The molecule has 0 radical (unpaired) electrons. The average Bonchev–Trinajstić information content (AvgIpc) is 3.63. The minimum Gasteiger partial charge on any atom is -0.497 e. The molecule has 2 N–H and O–H groups in total. The lowest BCUT2D eigenvalue weighted by atomic mass is 9.95. The number of aromatic nitrogens is 1. The van der Waals surface area contributed by atoms with E-state index < -0.39 is 35.6 Å². The first kappa shape index (κ1) is 29.0. The van der Waals surface area contributed by atoms with Gasteiger partial charge in [-0.1, -0.05) is 6.07 Å². The summed E-state index contributed by atoms with van der Waals surface area (Å²) in [5.41, 5.74) is -0.927. The molecule has 2 saturated heterocycles. The van der Waals surface area contributed by atoms with Crippen LogP contribution in [-0.2, 0) is 26.4 Å². The van der Waals surface area contributed by atoms with Crippen molar-refractivity contribution in [2.24, 2.45) is 5.41 Å². The van der Waals surface area contributed by atoms with E-state index in [0.29, 0.717) is 41.3 Å². The van der Waals surface area contributed by atoms with E-state index in [4.69, 9.17) is 13.9 Å². The maximum Gasteiger partial charge on any atom is 0.328 e. The molecule has 0 spiro atoms. The summed E-state index contributed by atoms with van der Waals surface area (Å²) in [5.74, 6) is -0.785. The third-order valence-electron chi connectivity index (χ3n) is 7.87. The molecule has 3 aliphatic rings. The topological polar surface area (TPSA) is 164 Å². The van der Waals surface area contributed by atoms with Crippen LogP contribution in [0.4, 0.5) is 15.4 Å². The normalized spacial score (nSPS) is 20.2. The largest absolute Gasteiger partial charge is 0.497 e. The Morgan fingerprint density at radius 1 is 1.09 bits per heavy atom. The van der Waals surface area contributed by atoms with Crippen molar-refractivity contribution in [3.05, 3.63) is 53.3 Å². The molecular weight excluding hydrogens is 572 g/mol. The molecule has 2 fully saturated rings. The number of amides is 6. The summed E-state index contributed by atoms with van der Waals surface area (Å²) < 4.78 is 16.7. The van der Waals surface area contributed by atoms with Gasteiger partial charge in [0.1, 0.15) is 22.8 Å². The van der Waals surface area contributed by atoms with Gasteiger partial charge >= 0.3 is 18.0 Å². The second-order valence-electron chi connectivity index (χ2n) is 12.0. The Labute approximate surface area is 252 Å². The van der Waals surface area contributed by atoms with Gasteiger partial charge in [0.15, 0.2) is 17.9 Å². The zero-order chi connectivity index (χ0) is 31.4. The van der Waals surface area contributed by atoms with Crippen molar-refractivity contribution < 1.29 is 37.9 Å². The zero-order valence-electron chi connectivity index (χ0n) is 24.8. The number of anilines is 1. The first-order valence-corrected chi connectivity index (χ1v) is 14.2. The van der Waals surface area contributed by atoms with Crippen LogP contribution >= 0.6 is 0 Å². The van der Waals surface area contributed by atoms with Gasteiger partial charge in [-0.25, -0.2) is 19.5 Å². The Morgan fingerprint density at radius 2 is 1.89 bits per heavy atom. The molecule has 0 saturated carbocycles. The predicted octanol–water partition coefficient (Wildman–Crippen LogP) is 2.71. The van der Waals surface area contributed by atoms with Crippen LogP contribution in [0, 0.1) is 5.41 Å². The number of nitrogens with one attached hydrogen (secondary N) is 2. The SMILES string of the molecule is COc1ccc2c(c1)C(=O)N(C[C@@]1(c3cc4nc(N5CCCNC5=O)ccc4o3)NC(=O)N(COC(=O)C(C)(C)C)C1=O)C2. The molecule has 3 aliphatic heterocycles. The number of carbonyl (C=O) groups excluding carboxylic acids is 5. The molecule has 0 unspecified atom stereocenters. The predicted molar refractivity (Wildman–Crippen MR) is 155 cm³/mol. The smallest absolute Gasteiger partial charge is 0.328 e. The molecular formula is C30H32N6O8. The van der Waals surface area contributed by atoms with Gasteiger partial charge in [-0.05, 0) is 57.0 Å². The van der Waals surface area contributed by atoms with Crippen molar-refractivity contribution in [3.8, 4) is 5.75 Å². The van der Waals surface area contributed by atoms with Crippen molar-refractivity contribution in [2.45, 2.75) is 39.3 Å². The molecule has 5 heterocycles. The van der Waals surface area contributed by atoms with Gasteiger partial charge in [-0.3, -0.25) is 19.3 Å². The molecule has 44 heavy (non-hydrogen) atoms. The number of ether oxygens (including phenoxy) is 2. The quantitative estimate of drug-likeness (QED) is 0.305. The summed E-state index contributed by atoms with van der Waals surface area (Å²) in [6.07, 6.45) is 0.749. The zero-order valence-corrected chi connectivity index (χ0v) is 24.8. The second-order valence-corrected chi connectivity index (χ2v) is 12.0. The van der Waals surface area contributed by atoms with Gasteiger partial charge < -0.3 is 29.4 Å². The molecule has 6 amide bonds. The summed E-state index contributed by atoms with van der Waals surface area (Å²) in [4.78, 5) is 74.1. The first-order chi connectivity index (χ1) is 20.9. The van der Waals surface area contributed by atoms with Gasteiger partial charge in [0.2, 0.25) is 0 Å². The number of esters is 1. The second kappa shape index (κ2) is 10.5. The van der Waals surface area contributed by atoms with Crippen molar-refractivity contribution in [1.82, 2.24) is 25.4 Å². The number of furan rings is 1. The number of pyridine rings is 1. The van der Waals surface area contributed by atoms with E-state index in [-0.39, 0.29) is 30.8 Å². The number of carbonyl (C=O) groups is 5. The summed E-state index contributed by atoms with van der Waals surface area (Å²) in [5, 5.41) is 5.50. The van der Waals surface area contributed by atoms with Crippen LogP contribution in [0.2, 0.25) is 0 Å². The van der Waals surface area contributed by atoms with Crippen molar-refractivity contribution in [3.63, 3.8) is 0 Å². The maximum atomic E-state index is 14.2. The van der Waals surface area contributed by atoms with E-state index in [1.54, 1.807) is 51.1 Å². The number of benzene rings is 1. The van der Waals surface area contributed by atoms with E-state index >= 15 is 0 Å². The molecule has 2 aromatic heterocycles. The highest BCUT2D eigenvalue weighted by Crippen LogP contribution is 2.37. The number of rotatable bonds is 7. The number of methoxy groups -OCH3 is 1. The lowest BCUT2D eigenvalue weighted by Gasteiger charge is -2.29. The van der Waals surface area contributed by atoms with Crippen LogP contribution in [0.1, 0.15) is 48.9 Å². The Balaban J connectivity index is 1.37. The van der Waals surface area contributed by atoms with Crippen molar-refractivity contribution in [2.75, 3.05) is 38.4 Å². The first-order valence-electron chi connectivity index (χ1n) is 14.2. The number of nitrogens with zero attached hydrogens (tertiary/aromatic N) is 4. The minimum absolute atomic E-state index is 0.0320. The fraction of sp³-hybridized carbons (Fsp3) is 0.400. The van der Waals surface area contributed by atoms with Crippen LogP contribution < -0.4 is 20.3 Å². The summed E-state index contributed by atoms with van der Waals surface area (Å²) in [6.45, 7) is 5.29. The van der Waals surface area contributed by atoms with Gasteiger partial charge in [-0.15, -0.1) is 0 Å². The minimum atomic E-state index is -1.86. The highest BCUT2D eigenvalue weighted by Gasteiger charge is 2.57. The molecule has 14 heteroatoms. The molecule has 6 rings (SSSR count). The molecule has 1 atom stereocenters. The number of hydrogen-bond acceptors (Lipinski definition) is 9. The highest BCUT2D eigenvalue weighted by atomic mass is 16.5. The number of fused-ring (bicyclic) bond motifs is 2. The highest BCUT2D eigenvalue weighted by molar-refractivity contribution is 6.08. The van der Waals surface area contributed by atoms with Gasteiger partial charge in [0.05, 0.1) is 19.1 Å². The maximum absolute atomic E-state index is 14.2. The van der Waals surface area contributed by atoms with E-state index in [1.807, 2.05) is 0 Å². The Morgan fingerprint density at radius 3 is 2.61 bits per heavy atom. The number of imide groups is 1. The lowest BCUT2D eigenvalue weighted by Crippen LogP contribution is -2.52. The van der Waals surface area contributed by atoms with Crippen molar-refractivity contribution >= 4 is 46.8 Å². The van der Waals surface area contributed by atoms with Crippen molar-refractivity contribution in [1.29, 1.82) is 0 Å². The average molecular weight is 605 g/mol. The van der Waals surface area contributed by atoms with E-state index in [9.17, 15) is 24.0 Å². The Hall–Kier alpha value is -5.14. The number of urea groups is 2. The van der Waals surface area contributed by atoms with Crippen LogP contribution in [0.3, 0.4) is 0 Å². The Kier molecular flexibility index (Phi) is 6.94. The van der Waals surface area contributed by atoms with Crippen LogP contribution in [0.15, 0.2) is 40.8 Å². The molecule has 0 bridgehead atoms. The van der Waals surface area contributed by atoms with Gasteiger partial charge in [0, 0.05) is 31.3 Å². The van der Waals surface area contributed by atoms with Crippen LogP contribution in [-0.4, -0.2) is 78.1 Å². The van der Waals surface area contributed by atoms with Gasteiger partial charge in [-0.2, -0.15) is 0 Å². The molecule has 230 valence electrons. The van der Waals surface area contributed by atoms with E-state index in [1.165, 1.54) is 23.0 Å². The van der Waals surface area contributed by atoms with E-state index in [0.717, 1.165) is 16.9 Å². The van der Waals surface area contributed by atoms with Crippen LogP contribution in [0.25, 0.3) is 11.1 Å². The third kappa shape index (κ3) is 4.85. The summed E-state index contributed by atoms with van der Waals surface area (Å²) >= 11 is 0. The standard InChI is InChI=1S/C30H32N6O8/c1-29(2,3)26(39)43-16-36-25(38)30(33-28(36)41,15-34-14-17-6-7-18(42-4)12-19(17)24(34)37)22-13-20-21(44-22)8-9-23(32-20)35-11-5-10-31-27(35)40/h6-9,12-13H,5,10-11,14-16H2,1-4H3,(H,31,40)(H,33,41)/t30-/m0/s1. The van der Waals surface area contributed by atoms with E-state index in [2.05, 4.69) is 15.6 Å². The monoisotopic (exact) mass is 604 g/mol. The van der Waals surface area contributed by atoms with Gasteiger partial charge in [0.25, 0.3) is 11.8 Å². The fourth-order valence-corrected chi connectivity index (χ4v) is 5.44. The Bertz CT molecular complexity index is 1710.